The van der Waals surface area contributed by atoms with E-state index in [0.29, 0.717) is 76.5 Å². The molecule has 6 fully saturated rings. The normalized spacial score (nSPS) is 22.8. The number of aromatic nitrogens is 2. The lowest BCUT2D eigenvalue weighted by atomic mass is 9.85. The van der Waals surface area contributed by atoms with Crippen molar-refractivity contribution in [3.63, 3.8) is 0 Å². The minimum Gasteiger partial charge on any atom is -0.497 e. The van der Waals surface area contributed by atoms with Crippen molar-refractivity contribution in [2.24, 2.45) is 22.7 Å². The number of ether oxygens (including phenoxy) is 4. The summed E-state index contributed by atoms with van der Waals surface area (Å²) in [4.78, 5) is 108. The molecular weight excluding hydrogens is 1500 g/mol. The van der Waals surface area contributed by atoms with Gasteiger partial charge in [-0.15, -0.1) is 13.2 Å². The number of rotatable bonds is 27. The molecule has 4 heterocycles. The second-order valence-electron chi connectivity index (χ2n) is 31.4. The highest BCUT2D eigenvalue weighted by atomic mass is 32.2. The molecule has 6 aliphatic rings. The predicted molar refractivity (Wildman–Crippen MR) is 419 cm³/mol. The van der Waals surface area contributed by atoms with Crippen LogP contribution in [0.25, 0.3) is 44.3 Å². The number of likely N-dealkylation sites (N-methyl/N-ethyl adjacent to an activating group) is 2. The van der Waals surface area contributed by atoms with Gasteiger partial charge < -0.3 is 44.7 Å². The monoisotopic (exact) mass is 1590 g/mol. The van der Waals surface area contributed by atoms with Crippen molar-refractivity contribution in [3.8, 4) is 45.5 Å². The predicted octanol–water partition coefficient (Wildman–Crippen LogP) is 8.13. The molecule has 4 saturated carbocycles. The number of nitrogens with one attached hydrogen (secondary N) is 5. The smallest absolute Gasteiger partial charge is 0.289 e. The third kappa shape index (κ3) is 16.7. The second-order valence-corrected chi connectivity index (χ2v) is 37.3. The van der Waals surface area contributed by atoms with Crippen LogP contribution in [0.3, 0.4) is 0 Å². The number of amides is 6. The fourth-order valence-electron chi connectivity index (χ4n) is 14.9. The van der Waals surface area contributed by atoms with E-state index in [1.165, 1.54) is 41.2 Å². The number of carbonyl (C=O) groups is 6. The van der Waals surface area contributed by atoms with Crippen LogP contribution in [-0.2, 0) is 58.8 Å². The number of nitrogens with zero attached hydrogens (tertiary/aromatic N) is 6. The number of benzene rings is 5. The van der Waals surface area contributed by atoms with E-state index in [4.69, 9.17) is 28.9 Å². The minimum atomic E-state index is -4.72. The number of carbonyl (C=O) groups excluding carboxylic acids is 6. The summed E-state index contributed by atoms with van der Waals surface area (Å²) in [5.41, 5.74) is -1.38. The molecule has 10 atom stereocenters. The Hall–Kier alpha value is -10.4. The zero-order valence-electron chi connectivity index (χ0n) is 63.9. The molecule has 0 bridgehead atoms. The van der Waals surface area contributed by atoms with Gasteiger partial charge in [0.25, 0.3) is 17.5 Å². The van der Waals surface area contributed by atoms with E-state index in [0.717, 1.165) is 40.0 Å². The van der Waals surface area contributed by atoms with Crippen molar-refractivity contribution in [2.45, 2.75) is 156 Å². The van der Waals surface area contributed by atoms with E-state index in [1.54, 1.807) is 59.2 Å². The summed E-state index contributed by atoms with van der Waals surface area (Å²) < 4.78 is 109. The molecule has 4 aliphatic carbocycles. The molecule has 7 aromatic rings. The lowest BCUT2D eigenvalue weighted by Crippen LogP contribution is -2.60. The van der Waals surface area contributed by atoms with Gasteiger partial charge in [-0.3, -0.25) is 48.3 Å². The van der Waals surface area contributed by atoms with E-state index < -0.39 is 156 Å². The van der Waals surface area contributed by atoms with Crippen molar-refractivity contribution in [3.05, 3.63) is 169 Å². The quantitative estimate of drug-likeness (QED) is 0.0184. The first-order chi connectivity index (χ1) is 52.9. The summed E-state index contributed by atoms with van der Waals surface area (Å²) in [7, 11) is -6.60. The number of hydrogen-bond donors (Lipinski definition) is 5. The molecule has 5 aromatic carbocycles. The van der Waals surface area contributed by atoms with Gasteiger partial charge in [0.2, 0.25) is 53.7 Å². The first-order valence-corrected chi connectivity index (χ1v) is 41.4. The Morgan fingerprint density at radius 2 is 1.01 bits per heavy atom. The number of fused-ring (bicyclic) bond motifs is 2. The number of para-hydroxylation sites is 1. The molecular formula is C80H93N11O18S3. The lowest BCUT2D eigenvalue weighted by molar-refractivity contribution is -0.387. The highest BCUT2D eigenvalue weighted by molar-refractivity contribution is 7.91. The average molecular weight is 1590 g/mol. The Morgan fingerprint density at radius 3 is 1.38 bits per heavy atom. The van der Waals surface area contributed by atoms with Crippen LogP contribution in [0.15, 0.2) is 164 Å². The van der Waals surface area contributed by atoms with Crippen LogP contribution in [0.1, 0.15) is 92.9 Å². The molecule has 0 radical (unpaired) electrons. The third-order valence-electron chi connectivity index (χ3n) is 21.4. The van der Waals surface area contributed by atoms with Gasteiger partial charge in [-0.2, -0.15) is 4.31 Å². The summed E-state index contributed by atoms with van der Waals surface area (Å²) in [6.07, 6.45) is 3.52. The van der Waals surface area contributed by atoms with E-state index >= 15 is 4.79 Å². The summed E-state index contributed by atoms with van der Waals surface area (Å²) in [6, 6.07) is 33.7. The van der Waals surface area contributed by atoms with Gasteiger partial charge in [-0.05, 0) is 86.7 Å². The van der Waals surface area contributed by atoms with Crippen LogP contribution in [0.2, 0.25) is 0 Å². The van der Waals surface area contributed by atoms with E-state index in [2.05, 4.69) is 38.6 Å². The van der Waals surface area contributed by atoms with Crippen molar-refractivity contribution >= 4 is 93.0 Å². The summed E-state index contributed by atoms with van der Waals surface area (Å²) >= 11 is 0. The topological polar surface area (TPSA) is 381 Å². The fourth-order valence-corrected chi connectivity index (χ4v) is 19.3. The van der Waals surface area contributed by atoms with E-state index in [1.807, 2.05) is 106 Å². The van der Waals surface area contributed by atoms with Gasteiger partial charge in [0.1, 0.15) is 64.4 Å². The maximum absolute atomic E-state index is 15.1. The van der Waals surface area contributed by atoms with Gasteiger partial charge in [-0.1, -0.05) is 126 Å². The SMILES string of the molecule is C=CC1C[C@]1(NC(=O)C1CC(Oc2cc(-c3ccccc3)nc3cc(OC)ccc23)CN1C(=O)[C@@H](N(C)S(=O)(=O)c1ccccc1[N+](=O)[O-])C(C)(C)C)C(=O)NS(=O)(=O)C1CC1.C=CC1C[C@]1(NC(=O)C1CC(Oc2cc(-c3ccccc3)nc3cc(OC)ccc23)CN1C(=O)[C@@H](NC)C(C)(C)C)C(=O)NS(=O)(=O)C1CC1. The van der Waals surface area contributed by atoms with Gasteiger partial charge in [-0.25, -0.2) is 35.2 Å². The van der Waals surface area contributed by atoms with Crippen molar-refractivity contribution < 1.29 is 77.9 Å². The number of nitro groups is 1. The third-order valence-corrected chi connectivity index (χ3v) is 26.9. The molecule has 32 heteroatoms. The van der Waals surface area contributed by atoms with E-state index in [-0.39, 0.29) is 44.7 Å². The number of hydrogen-bond acceptors (Lipinski definition) is 21. The molecule has 29 nitrogen and oxygen atoms in total. The maximum atomic E-state index is 15.1. The number of nitro benzene ring substituents is 1. The van der Waals surface area contributed by atoms with Crippen LogP contribution in [-0.4, -0.2) is 189 Å². The van der Waals surface area contributed by atoms with Crippen molar-refractivity contribution in [1.29, 1.82) is 0 Å². The first kappa shape index (κ1) is 81.1. The Labute approximate surface area is 650 Å². The Kier molecular flexibility index (Phi) is 22.6. The zero-order chi connectivity index (χ0) is 80.9. The molecule has 112 heavy (non-hydrogen) atoms. The summed E-state index contributed by atoms with van der Waals surface area (Å²) in [5.74, 6) is -3.20. The molecule has 2 aliphatic heterocycles. The fraction of sp³-hybridized carbons (Fsp3) is 0.425. The second kappa shape index (κ2) is 31.3. The minimum absolute atomic E-state index is 0.0467. The van der Waals surface area contributed by atoms with Crippen LogP contribution in [0, 0.1) is 32.8 Å². The van der Waals surface area contributed by atoms with E-state index in [9.17, 15) is 59.3 Å². The first-order valence-electron chi connectivity index (χ1n) is 36.8. The van der Waals surface area contributed by atoms with Crippen molar-refractivity contribution in [2.75, 3.05) is 41.4 Å². The van der Waals surface area contributed by atoms with Gasteiger partial charge in [0.15, 0.2) is 4.90 Å². The van der Waals surface area contributed by atoms with Gasteiger partial charge >= 0.3 is 0 Å². The highest BCUT2D eigenvalue weighted by Gasteiger charge is 2.64. The molecule has 2 saturated heterocycles. The highest BCUT2D eigenvalue weighted by Crippen LogP contribution is 2.48. The number of pyridine rings is 2. The largest absolute Gasteiger partial charge is 0.497 e. The number of likely N-dealkylation sites (tertiary alicyclic amines) is 2. The Balaban J connectivity index is 0.000000213. The lowest BCUT2D eigenvalue weighted by Gasteiger charge is -2.39. The molecule has 5 N–H and O–H groups in total. The molecule has 6 amide bonds. The molecule has 2 aromatic heterocycles. The van der Waals surface area contributed by atoms with Crippen molar-refractivity contribution in [1.82, 2.24) is 49.5 Å². The Bertz CT molecular complexity index is 5250. The molecule has 6 unspecified atom stereocenters. The number of sulfonamides is 3. The molecule has 594 valence electrons. The average Bonchev–Trinajstić information content (AvgIpc) is 1.57. The van der Waals surface area contributed by atoms with Crippen LogP contribution >= 0.6 is 0 Å². The van der Waals surface area contributed by atoms with Crippen LogP contribution in [0.5, 0.6) is 23.0 Å². The van der Waals surface area contributed by atoms with Crippen LogP contribution < -0.4 is 44.3 Å². The summed E-state index contributed by atoms with van der Waals surface area (Å²) in [5, 5.41) is 20.7. The molecule has 13 rings (SSSR count). The zero-order valence-corrected chi connectivity index (χ0v) is 66.3. The standard InChI is InChI=1S/C43H48N6O11S2.C37H45N5O7S/c1-7-27-24-43(27,41(52)46-61(55,56)30-18-19-30)45-39(50)35-22-29(60-36-23-32(26-13-9-8-10-14-26)44-33-21-28(59-6)17-20-31(33)36)25-48(35)40(51)38(42(2,3)4)47(5)62(57,58)37-16-12-11-15-34(37)49(53)54;1-7-23-20-37(23,35(45)41-50(46,47)26-14-15-26)40-33(43)30-18-25(21-42(30)34(44)32(38-5)36(2,3)4)49-31-19-28(22-11-9-8-10-12-22)39-29-17-24(48-6)13-16-27(29)31/h7-17,20-21,23,27,29-30,35,38H,1,18-19,22,24-25H2,2-6H3,(H,45,50)(H,46,52);7-13,16-17,19,23,25-26,30,32,38H,1,14-15,18,20-21H2,2-6H3,(H,40,43)(H,41,45)/t27?,29?,35?,38-,43-;23?,25?,30?,32-,37-/m11/s1. The summed E-state index contributed by atoms with van der Waals surface area (Å²) in [6.45, 7) is 18.1. The Morgan fingerprint density at radius 1 is 0.598 bits per heavy atom. The van der Waals surface area contributed by atoms with Gasteiger partial charge in [0.05, 0.1) is 71.2 Å². The van der Waals surface area contributed by atoms with Crippen LogP contribution in [0.4, 0.5) is 5.69 Å². The maximum Gasteiger partial charge on any atom is 0.289 e. The number of methoxy groups -OCH3 is 2. The molecule has 0 spiro atoms. The van der Waals surface area contributed by atoms with Gasteiger partial charge in [0, 0.05) is 84.0 Å².